The molecule has 1 aromatic heterocycles. The molecule has 0 spiro atoms. The van der Waals surface area contributed by atoms with Gasteiger partial charge in [-0.05, 0) is 18.2 Å². The summed E-state index contributed by atoms with van der Waals surface area (Å²) < 4.78 is 21.9. The monoisotopic (exact) mass is 422 g/mol. The molecular weight excluding hydrogens is 396 g/mol. The van der Waals surface area contributed by atoms with Gasteiger partial charge < -0.3 is 39.1 Å². The van der Waals surface area contributed by atoms with Crippen LogP contribution in [0.15, 0.2) is 40.1 Å². The zero-order valence-electron chi connectivity index (χ0n) is 16.9. The van der Waals surface area contributed by atoms with Crippen molar-refractivity contribution in [3.63, 3.8) is 0 Å². The van der Waals surface area contributed by atoms with Gasteiger partial charge in [-0.15, -0.1) is 6.58 Å². The molecule has 2 aromatic rings. The van der Waals surface area contributed by atoms with Crippen molar-refractivity contribution in [1.82, 2.24) is 0 Å². The highest BCUT2D eigenvalue weighted by Crippen LogP contribution is 2.38. The number of aliphatic hydroxyl groups is 4. The Bertz CT molecular complexity index is 978. The van der Waals surface area contributed by atoms with Crippen LogP contribution in [0, 0.1) is 0 Å². The number of hydrogen-bond acceptors (Lipinski definition) is 9. The van der Waals surface area contributed by atoms with E-state index in [0.717, 1.165) is 0 Å². The van der Waals surface area contributed by atoms with Gasteiger partial charge in [-0.25, -0.2) is 4.79 Å². The summed E-state index contributed by atoms with van der Waals surface area (Å²) in [7, 11) is 1.38. The van der Waals surface area contributed by atoms with E-state index in [1.165, 1.54) is 7.11 Å². The Balaban J connectivity index is 2.09. The van der Waals surface area contributed by atoms with Gasteiger partial charge in [-0.1, -0.05) is 19.9 Å². The second kappa shape index (κ2) is 8.37. The Morgan fingerprint density at radius 2 is 1.90 bits per heavy atom. The quantitative estimate of drug-likeness (QED) is 0.386. The lowest BCUT2D eigenvalue weighted by Gasteiger charge is -2.39. The number of rotatable bonds is 6. The molecule has 0 unspecified atom stereocenters. The van der Waals surface area contributed by atoms with E-state index < -0.39 is 48.4 Å². The Morgan fingerprint density at radius 3 is 2.50 bits per heavy atom. The minimum Gasteiger partial charge on any atom is -0.493 e. The molecule has 164 valence electrons. The number of methoxy groups -OCH3 is 1. The van der Waals surface area contributed by atoms with Crippen LogP contribution in [0.5, 0.6) is 11.5 Å². The molecular formula is C21H26O9. The predicted molar refractivity (Wildman–Crippen MR) is 107 cm³/mol. The molecule has 1 saturated heterocycles. The number of fused-ring (bicyclic) bond motifs is 1. The van der Waals surface area contributed by atoms with Crippen LogP contribution in [0.25, 0.3) is 11.0 Å². The molecule has 0 aliphatic carbocycles. The fraction of sp³-hybridized carbons (Fsp3) is 0.476. The third kappa shape index (κ3) is 3.82. The zero-order chi connectivity index (χ0) is 22.2. The molecule has 1 aromatic carbocycles. The Hall–Kier alpha value is -2.43. The van der Waals surface area contributed by atoms with Crippen LogP contribution in [-0.4, -0.2) is 64.8 Å². The SMILES string of the molecule is C=CC(C)(C)c1cc2ccc(OC)c(O[C@@H]3O[C@H](CO)[C@@H](O)[C@H](O)[C@H]3O)c2oc1=O. The van der Waals surface area contributed by atoms with E-state index >= 15 is 0 Å². The van der Waals surface area contributed by atoms with Crippen LogP contribution < -0.4 is 15.1 Å². The zero-order valence-corrected chi connectivity index (χ0v) is 16.9. The van der Waals surface area contributed by atoms with E-state index in [1.807, 2.05) is 13.8 Å². The van der Waals surface area contributed by atoms with E-state index in [4.69, 9.17) is 18.6 Å². The largest absolute Gasteiger partial charge is 0.493 e. The maximum absolute atomic E-state index is 12.6. The number of allylic oxidation sites excluding steroid dienone is 1. The van der Waals surface area contributed by atoms with Gasteiger partial charge in [0.15, 0.2) is 11.3 Å². The second-order valence-electron chi connectivity index (χ2n) is 7.70. The molecule has 4 N–H and O–H groups in total. The summed E-state index contributed by atoms with van der Waals surface area (Å²) in [4.78, 5) is 12.6. The standard InChI is InChI=1S/C21H26O9/c1-5-21(2,3)11-8-10-6-7-12(27-4)18(17(10)29-19(11)26)30-20-16(25)15(24)14(23)13(9-22)28-20/h5-8,13-16,20,22-25H,1,9H2,2-4H3/t13-,14-,15+,16-,20+/m1/s1. The molecule has 0 saturated carbocycles. The van der Waals surface area contributed by atoms with Gasteiger partial charge in [-0.2, -0.15) is 0 Å². The van der Waals surface area contributed by atoms with E-state index in [-0.39, 0.29) is 17.1 Å². The molecule has 9 nitrogen and oxygen atoms in total. The fourth-order valence-corrected chi connectivity index (χ4v) is 3.25. The third-order valence-corrected chi connectivity index (χ3v) is 5.33. The first-order chi connectivity index (χ1) is 14.1. The first kappa shape index (κ1) is 22.3. The maximum atomic E-state index is 12.6. The van der Waals surface area contributed by atoms with Crippen molar-refractivity contribution in [2.75, 3.05) is 13.7 Å². The van der Waals surface area contributed by atoms with Gasteiger partial charge in [0.2, 0.25) is 12.0 Å². The number of aliphatic hydroxyl groups excluding tert-OH is 4. The van der Waals surface area contributed by atoms with Crippen LogP contribution >= 0.6 is 0 Å². The van der Waals surface area contributed by atoms with Crippen LogP contribution in [0.3, 0.4) is 0 Å². The molecule has 30 heavy (non-hydrogen) atoms. The van der Waals surface area contributed by atoms with Crippen molar-refractivity contribution in [3.8, 4) is 11.5 Å². The van der Waals surface area contributed by atoms with Gasteiger partial charge in [0, 0.05) is 16.4 Å². The lowest BCUT2D eigenvalue weighted by molar-refractivity contribution is -0.277. The predicted octanol–water partition coefficient (Wildman–Crippen LogP) is 0.444. The molecule has 0 radical (unpaired) electrons. The van der Waals surface area contributed by atoms with Gasteiger partial charge in [0.05, 0.1) is 13.7 Å². The summed E-state index contributed by atoms with van der Waals surface area (Å²) in [5.74, 6) is 0.165. The van der Waals surface area contributed by atoms with Gasteiger partial charge in [0.25, 0.3) is 0 Å². The average Bonchev–Trinajstić information content (AvgIpc) is 2.73. The van der Waals surface area contributed by atoms with Gasteiger partial charge in [-0.3, -0.25) is 0 Å². The van der Waals surface area contributed by atoms with Crippen molar-refractivity contribution in [3.05, 3.63) is 46.8 Å². The smallest absolute Gasteiger partial charge is 0.340 e. The van der Waals surface area contributed by atoms with Crippen molar-refractivity contribution in [2.45, 2.75) is 50.0 Å². The maximum Gasteiger partial charge on any atom is 0.340 e. The summed E-state index contributed by atoms with van der Waals surface area (Å²) in [6.07, 6.45) is -5.75. The Labute approximate surface area is 172 Å². The average molecular weight is 422 g/mol. The third-order valence-electron chi connectivity index (χ3n) is 5.33. The lowest BCUT2D eigenvalue weighted by atomic mass is 9.85. The molecule has 2 heterocycles. The first-order valence-corrected chi connectivity index (χ1v) is 9.40. The van der Waals surface area contributed by atoms with Crippen LogP contribution in [0.2, 0.25) is 0 Å². The minimum atomic E-state index is -1.63. The highest BCUT2D eigenvalue weighted by Gasteiger charge is 2.45. The number of benzene rings is 1. The topological polar surface area (TPSA) is 139 Å². The molecule has 0 amide bonds. The Morgan fingerprint density at radius 1 is 1.20 bits per heavy atom. The summed E-state index contributed by atoms with van der Waals surface area (Å²) in [5.41, 5.74) is -0.777. The molecule has 1 fully saturated rings. The van der Waals surface area contributed by atoms with Crippen molar-refractivity contribution >= 4 is 11.0 Å². The molecule has 1 aliphatic heterocycles. The van der Waals surface area contributed by atoms with Crippen molar-refractivity contribution in [2.24, 2.45) is 0 Å². The van der Waals surface area contributed by atoms with Gasteiger partial charge in [0.1, 0.15) is 24.4 Å². The lowest BCUT2D eigenvalue weighted by Crippen LogP contribution is -2.60. The number of hydrogen-bond donors (Lipinski definition) is 4. The van der Waals surface area contributed by atoms with Crippen molar-refractivity contribution < 1.29 is 39.1 Å². The Kier molecular flexibility index (Phi) is 6.21. The normalized spacial score (nSPS) is 27.1. The summed E-state index contributed by atoms with van der Waals surface area (Å²) >= 11 is 0. The fourth-order valence-electron chi connectivity index (χ4n) is 3.25. The van der Waals surface area contributed by atoms with Crippen LogP contribution in [0.4, 0.5) is 0 Å². The van der Waals surface area contributed by atoms with Crippen molar-refractivity contribution in [1.29, 1.82) is 0 Å². The van der Waals surface area contributed by atoms with E-state index in [2.05, 4.69) is 6.58 Å². The molecule has 9 heteroatoms. The second-order valence-corrected chi connectivity index (χ2v) is 7.70. The van der Waals surface area contributed by atoms with Crippen LogP contribution in [0.1, 0.15) is 19.4 Å². The van der Waals surface area contributed by atoms with E-state index in [9.17, 15) is 25.2 Å². The number of ether oxygens (including phenoxy) is 3. The molecule has 5 atom stereocenters. The van der Waals surface area contributed by atoms with Crippen LogP contribution in [-0.2, 0) is 10.2 Å². The summed E-state index contributed by atoms with van der Waals surface area (Å²) in [5, 5.41) is 40.1. The highest BCUT2D eigenvalue weighted by molar-refractivity contribution is 5.86. The molecule has 3 rings (SSSR count). The minimum absolute atomic E-state index is 0.0283. The highest BCUT2D eigenvalue weighted by atomic mass is 16.7. The van der Waals surface area contributed by atoms with E-state index in [1.54, 1.807) is 24.3 Å². The van der Waals surface area contributed by atoms with Gasteiger partial charge >= 0.3 is 5.63 Å². The first-order valence-electron chi connectivity index (χ1n) is 9.40. The van der Waals surface area contributed by atoms with E-state index in [0.29, 0.717) is 10.9 Å². The summed E-state index contributed by atoms with van der Waals surface area (Å²) in [6.45, 7) is 6.80. The molecule has 1 aliphatic rings. The molecule has 0 bridgehead atoms. The summed E-state index contributed by atoms with van der Waals surface area (Å²) in [6, 6.07) is 4.93.